The molecule has 0 amide bonds. The van der Waals surface area contributed by atoms with Crippen LogP contribution in [0.15, 0.2) is 24.3 Å². The van der Waals surface area contributed by atoms with Crippen LogP contribution in [0.4, 0.5) is 0 Å². The van der Waals surface area contributed by atoms with E-state index in [0.29, 0.717) is 6.04 Å². The number of aryl methyl sites for hydroxylation is 1. The van der Waals surface area contributed by atoms with Crippen molar-refractivity contribution in [2.75, 3.05) is 13.6 Å². The Morgan fingerprint density at radius 3 is 2.55 bits per heavy atom. The fraction of sp³-hybridized carbons (Fsp3) is 0.667. The molecule has 2 nitrogen and oxygen atoms in total. The molecule has 1 aromatic rings. The van der Waals surface area contributed by atoms with Crippen molar-refractivity contribution in [3.05, 3.63) is 35.4 Å². The molecule has 0 heterocycles. The van der Waals surface area contributed by atoms with Crippen LogP contribution in [0.1, 0.15) is 51.7 Å². The molecule has 0 radical (unpaired) electrons. The Morgan fingerprint density at radius 2 is 1.95 bits per heavy atom. The van der Waals surface area contributed by atoms with E-state index < -0.39 is 0 Å². The summed E-state index contributed by atoms with van der Waals surface area (Å²) in [4.78, 5) is 2.45. The second-order valence-electron chi connectivity index (χ2n) is 7.07. The minimum atomic E-state index is 0.233. The molecule has 20 heavy (non-hydrogen) atoms. The van der Waals surface area contributed by atoms with Gasteiger partial charge in [0.15, 0.2) is 0 Å². The minimum absolute atomic E-state index is 0.233. The predicted octanol–water partition coefficient (Wildman–Crippen LogP) is 3.98. The number of hydrogen-bond donors (Lipinski definition) is 1. The van der Waals surface area contributed by atoms with Crippen molar-refractivity contribution in [1.29, 1.82) is 0 Å². The summed E-state index contributed by atoms with van der Waals surface area (Å²) in [6.07, 6.45) is 2.47. The van der Waals surface area contributed by atoms with Gasteiger partial charge in [0.2, 0.25) is 0 Å². The quantitative estimate of drug-likeness (QED) is 0.758. The van der Waals surface area contributed by atoms with Crippen LogP contribution >= 0.6 is 0 Å². The first-order valence-electron chi connectivity index (χ1n) is 7.79. The van der Waals surface area contributed by atoms with Crippen LogP contribution in [-0.4, -0.2) is 30.1 Å². The normalized spacial score (nSPS) is 13.8. The number of nitrogens with one attached hydrogen (secondary N) is 1. The summed E-state index contributed by atoms with van der Waals surface area (Å²) in [5, 5.41) is 3.55. The van der Waals surface area contributed by atoms with Gasteiger partial charge in [-0.2, -0.15) is 0 Å². The standard InChI is InChI=1S/C18H32N2/c1-15-9-7-11-17(13-15)14-20(6)16(2)10-8-12-19-18(3,4)5/h7,9,11,13,16,19H,8,10,12,14H2,1-6H3. The fourth-order valence-corrected chi connectivity index (χ4v) is 2.34. The van der Waals surface area contributed by atoms with E-state index in [1.54, 1.807) is 0 Å². The first-order valence-corrected chi connectivity index (χ1v) is 7.79. The Bertz CT molecular complexity index is 393. The highest BCUT2D eigenvalue weighted by Crippen LogP contribution is 2.11. The van der Waals surface area contributed by atoms with Crippen LogP contribution in [0.3, 0.4) is 0 Å². The van der Waals surface area contributed by atoms with E-state index in [0.717, 1.165) is 13.1 Å². The Labute approximate surface area is 125 Å². The zero-order chi connectivity index (χ0) is 15.2. The largest absolute Gasteiger partial charge is 0.312 e. The van der Waals surface area contributed by atoms with Crippen LogP contribution in [0.25, 0.3) is 0 Å². The van der Waals surface area contributed by atoms with Crippen molar-refractivity contribution < 1.29 is 0 Å². The topological polar surface area (TPSA) is 15.3 Å². The maximum atomic E-state index is 3.55. The molecule has 0 aliphatic heterocycles. The van der Waals surface area contributed by atoms with Gasteiger partial charge in [-0.05, 0) is 66.6 Å². The van der Waals surface area contributed by atoms with E-state index in [4.69, 9.17) is 0 Å². The van der Waals surface area contributed by atoms with Gasteiger partial charge in [-0.1, -0.05) is 29.8 Å². The maximum Gasteiger partial charge on any atom is 0.0233 e. The molecule has 0 aliphatic rings. The second kappa shape index (κ2) is 7.80. The average Bonchev–Trinajstić information content (AvgIpc) is 2.33. The minimum Gasteiger partial charge on any atom is -0.312 e. The lowest BCUT2D eigenvalue weighted by atomic mass is 10.1. The van der Waals surface area contributed by atoms with E-state index in [2.05, 4.69) is 76.1 Å². The van der Waals surface area contributed by atoms with E-state index in [1.165, 1.54) is 24.0 Å². The molecule has 0 aromatic heterocycles. The van der Waals surface area contributed by atoms with Crippen molar-refractivity contribution in [2.24, 2.45) is 0 Å². The van der Waals surface area contributed by atoms with Crippen molar-refractivity contribution in [1.82, 2.24) is 10.2 Å². The van der Waals surface area contributed by atoms with Gasteiger partial charge in [0, 0.05) is 18.1 Å². The van der Waals surface area contributed by atoms with Crippen molar-refractivity contribution in [3.8, 4) is 0 Å². The van der Waals surface area contributed by atoms with Crippen LogP contribution in [-0.2, 0) is 6.54 Å². The third-order valence-corrected chi connectivity index (χ3v) is 3.72. The highest BCUT2D eigenvalue weighted by atomic mass is 15.1. The van der Waals surface area contributed by atoms with Crippen LogP contribution in [0, 0.1) is 6.92 Å². The summed E-state index contributed by atoms with van der Waals surface area (Å²) in [7, 11) is 2.23. The van der Waals surface area contributed by atoms with Gasteiger partial charge in [-0.15, -0.1) is 0 Å². The third-order valence-electron chi connectivity index (χ3n) is 3.72. The van der Waals surface area contributed by atoms with Gasteiger partial charge in [-0.25, -0.2) is 0 Å². The Morgan fingerprint density at radius 1 is 1.25 bits per heavy atom. The summed E-state index contributed by atoms with van der Waals surface area (Å²) in [6, 6.07) is 9.43. The van der Waals surface area contributed by atoms with Gasteiger partial charge in [-0.3, -0.25) is 4.90 Å². The van der Waals surface area contributed by atoms with Gasteiger partial charge >= 0.3 is 0 Å². The first-order chi connectivity index (χ1) is 9.28. The Kier molecular flexibility index (Phi) is 6.70. The lowest BCUT2D eigenvalue weighted by Gasteiger charge is -2.26. The number of hydrogen-bond acceptors (Lipinski definition) is 2. The van der Waals surface area contributed by atoms with Crippen molar-refractivity contribution in [3.63, 3.8) is 0 Å². The summed E-state index contributed by atoms with van der Waals surface area (Å²) < 4.78 is 0. The molecule has 1 aromatic carbocycles. The molecule has 1 unspecified atom stereocenters. The summed E-state index contributed by atoms with van der Waals surface area (Å²) in [5.41, 5.74) is 2.99. The lowest BCUT2D eigenvalue weighted by molar-refractivity contribution is 0.232. The predicted molar refractivity (Wildman–Crippen MR) is 89.1 cm³/mol. The molecular formula is C18H32N2. The van der Waals surface area contributed by atoms with Crippen molar-refractivity contribution in [2.45, 2.75) is 65.6 Å². The molecule has 0 saturated carbocycles. The van der Waals surface area contributed by atoms with Crippen molar-refractivity contribution >= 4 is 0 Å². The Hall–Kier alpha value is -0.860. The van der Waals surface area contributed by atoms with Crippen LogP contribution < -0.4 is 5.32 Å². The lowest BCUT2D eigenvalue weighted by Crippen LogP contribution is -2.37. The molecule has 114 valence electrons. The summed E-state index contributed by atoms with van der Waals surface area (Å²) >= 11 is 0. The molecule has 1 N–H and O–H groups in total. The van der Waals surface area contributed by atoms with E-state index >= 15 is 0 Å². The van der Waals surface area contributed by atoms with E-state index in [9.17, 15) is 0 Å². The highest BCUT2D eigenvalue weighted by molar-refractivity contribution is 5.22. The maximum absolute atomic E-state index is 3.55. The van der Waals surface area contributed by atoms with Gasteiger partial charge in [0.05, 0.1) is 0 Å². The molecule has 2 heteroatoms. The molecule has 0 aliphatic carbocycles. The SMILES string of the molecule is Cc1cccc(CN(C)C(C)CCCNC(C)(C)C)c1. The van der Waals surface area contributed by atoms with Gasteiger partial charge in [0.1, 0.15) is 0 Å². The molecule has 0 spiro atoms. The first kappa shape index (κ1) is 17.2. The summed E-state index contributed by atoms with van der Waals surface area (Å²) in [6.45, 7) is 13.3. The number of nitrogens with zero attached hydrogens (tertiary/aromatic N) is 1. The molecule has 1 atom stereocenters. The smallest absolute Gasteiger partial charge is 0.0233 e. The summed E-state index contributed by atoms with van der Waals surface area (Å²) in [5.74, 6) is 0. The number of rotatable bonds is 7. The van der Waals surface area contributed by atoms with E-state index in [1.807, 2.05) is 0 Å². The highest BCUT2D eigenvalue weighted by Gasteiger charge is 2.11. The van der Waals surface area contributed by atoms with Crippen LogP contribution in [0.5, 0.6) is 0 Å². The Balaban J connectivity index is 2.30. The molecule has 0 saturated heterocycles. The van der Waals surface area contributed by atoms with E-state index in [-0.39, 0.29) is 5.54 Å². The average molecular weight is 276 g/mol. The fourth-order valence-electron chi connectivity index (χ4n) is 2.34. The van der Waals surface area contributed by atoms with Crippen LogP contribution in [0.2, 0.25) is 0 Å². The molecule has 1 rings (SSSR count). The molecule has 0 bridgehead atoms. The monoisotopic (exact) mass is 276 g/mol. The van der Waals surface area contributed by atoms with Gasteiger partial charge < -0.3 is 5.32 Å². The molecular weight excluding hydrogens is 244 g/mol. The second-order valence-corrected chi connectivity index (χ2v) is 7.07. The number of benzene rings is 1. The third kappa shape index (κ3) is 7.06. The van der Waals surface area contributed by atoms with Gasteiger partial charge in [0.25, 0.3) is 0 Å². The zero-order valence-corrected chi connectivity index (χ0v) is 14.2. The molecule has 0 fully saturated rings. The zero-order valence-electron chi connectivity index (χ0n) is 14.2.